The smallest absolute Gasteiger partial charge is 0.253 e. The maximum Gasteiger partial charge on any atom is 0.580 e. The zero-order chi connectivity index (χ0) is 13.3. The molecule has 0 fully saturated rings. The molecule has 0 N–H and O–H groups in total. The first kappa shape index (κ1) is 13.9. The van der Waals surface area contributed by atoms with Crippen LogP contribution < -0.4 is 0 Å². The number of alkyl halides is 3. The number of carbonyl (C=O) groups excluding carboxylic acids is 1. The van der Waals surface area contributed by atoms with Crippen LogP contribution in [0.5, 0.6) is 0 Å². The Hall–Kier alpha value is -1.18. The molecule has 0 saturated heterocycles. The number of quaternary nitrogens is 1. The van der Waals surface area contributed by atoms with Crippen LogP contribution in [0.1, 0.15) is 13.8 Å². The predicted octanol–water partition coefficient (Wildman–Crippen LogP) is 1.22. The largest absolute Gasteiger partial charge is 0.580 e. The van der Waals surface area contributed by atoms with Gasteiger partial charge in [-0.3, -0.25) is 4.84 Å². The highest BCUT2D eigenvalue weighted by Crippen LogP contribution is 2.23. The Morgan fingerprint density at radius 2 is 2.06 bits per heavy atom. The molecule has 0 amide bonds. The van der Waals surface area contributed by atoms with Gasteiger partial charge in [0.05, 0.1) is 0 Å². The standard InChI is InChI=1S/C9H14F4N2O2/c1-3-14-5-6-15(4-2,8(14)10)17-7(16)9(11,12)13/h3-6H2,1-2H3/q+2. The third kappa shape index (κ3) is 2.56. The van der Waals surface area contributed by atoms with Crippen molar-refractivity contribution in [1.29, 1.82) is 0 Å². The summed E-state index contributed by atoms with van der Waals surface area (Å²) in [4.78, 5) is 15.0. The number of rotatable bonds is 3. The maximum atomic E-state index is 13.8. The predicted molar refractivity (Wildman–Crippen MR) is 49.6 cm³/mol. The lowest BCUT2D eigenvalue weighted by atomic mass is 10.5. The van der Waals surface area contributed by atoms with Crippen molar-refractivity contribution >= 4 is 12.1 Å². The Morgan fingerprint density at radius 1 is 1.47 bits per heavy atom. The van der Waals surface area contributed by atoms with E-state index in [2.05, 4.69) is 4.84 Å². The van der Waals surface area contributed by atoms with E-state index in [-0.39, 0.29) is 19.6 Å². The summed E-state index contributed by atoms with van der Waals surface area (Å²) in [6, 6.07) is 0. The molecule has 0 radical (unpaired) electrons. The van der Waals surface area contributed by atoms with Gasteiger partial charge in [-0.05, 0) is 18.5 Å². The van der Waals surface area contributed by atoms with Crippen LogP contribution in [-0.2, 0) is 9.63 Å². The summed E-state index contributed by atoms with van der Waals surface area (Å²) < 4.78 is 50.3. The molecule has 1 rings (SSSR count). The van der Waals surface area contributed by atoms with Crippen LogP contribution in [0.4, 0.5) is 17.6 Å². The van der Waals surface area contributed by atoms with Gasteiger partial charge in [-0.25, -0.2) is 4.79 Å². The molecule has 1 atom stereocenters. The van der Waals surface area contributed by atoms with E-state index in [0.717, 1.165) is 0 Å². The molecule has 0 bridgehead atoms. The highest BCUT2D eigenvalue weighted by atomic mass is 19.4. The summed E-state index contributed by atoms with van der Waals surface area (Å²) in [5.74, 6) is -2.37. The van der Waals surface area contributed by atoms with Gasteiger partial charge in [0, 0.05) is 0 Å². The number of carbonyl (C=O) groups is 1. The van der Waals surface area contributed by atoms with Gasteiger partial charge in [0.2, 0.25) is 6.54 Å². The number of nitrogens with zero attached hydrogens (tertiary/aromatic N) is 2. The average molecular weight is 258 g/mol. The summed E-state index contributed by atoms with van der Waals surface area (Å²) in [5.41, 5.74) is 0. The van der Waals surface area contributed by atoms with Gasteiger partial charge in [0.15, 0.2) is 6.54 Å². The van der Waals surface area contributed by atoms with Gasteiger partial charge in [-0.15, -0.1) is 4.58 Å². The maximum absolute atomic E-state index is 13.8. The van der Waals surface area contributed by atoms with Gasteiger partial charge < -0.3 is 0 Å². The molecular formula is C9H14F4N2O2+2. The van der Waals surface area contributed by atoms with Crippen LogP contribution in [0.15, 0.2) is 0 Å². The van der Waals surface area contributed by atoms with Crippen molar-refractivity contribution in [1.82, 2.24) is 0 Å². The summed E-state index contributed by atoms with van der Waals surface area (Å²) in [5, 5.41) is 0. The average Bonchev–Trinajstić information content (AvgIpc) is 2.55. The van der Waals surface area contributed by atoms with Crippen LogP contribution in [0.25, 0.3) is 0 Å². The van der Waals surface area contributed by atoms with Crippen molar-refractivity contribution < 1.29 is 36.4 Å². The second-order valence-corrected chi connectivity index (χ2v) is 3.65. The van der Waals surface area contributed by atoms with Gasteiger partial charge >= 0.3 is 18.2 Å². The van der Waals surface area contributed by atoms with Gasteiger partial charge in [0.1, 0.15) is 13.1 Å². The molecular weight excluding hydrogens is 244 g/mol. The fourth-order valence-electron chi connectivity index (χ4n) is 1.66. The Morgan fingerprint density at radius 3 is 2.41 bits per heavy atom. The number of hydrogen-bond acceptors (Lipinski definition) is 2. The molecule has 0 saturated carbocycles. The zero-order valence-corrected chi connectivity index (χ0v) is 9.55. The van der Waals surface area contributed by atoms with E-state index < -0.39 is 22.9 Å². The second-order valence-electron chi connectivity index (χ2n) is 3.65. The van der Waals surface area contributed by atoms with Crippen molar-refractivity contribution in [3.05, 3.63) is 0 Å². The molecule has 0 aromatic rings. The summed E-state index contributed by atoms with van der Waals surface area (Å²) in [7, 11) is 0. The lowest BCUT2D eigenvalue weighted by Crippen LogP contribution is -2.53. The molecule has 98 valence electrons. The van der Waals surface area contributed by atoms with Crippen molar-refractivity contribution in [3.8, 4) is 0 Å². The first-order chi connectivity index (χ1) is 7.77. The quantitative estimate of drug-likeness (QED) is 0.329. The van der Waals surface area contributed by atoms with Crippen molar-refractivity contribution in [2.24, 2.45) is 0 Å². The molecule has 1 heterocycles. The second kappa shape index (κ2) is 4.59. The minimum absolute atomic E-state index is 0.0159. The molecule has 0 spiro atoms. The van der Waals surface area contributed by atoms with Gasteiger partial charge in [-0.1, -0.05) is 4.39 Å². The number of hydrogen-bond donors (Lipinski definition) is 0. The molecule has 0 aromatic carbocycles. The molecule has 4 nitrogen and oxygen atoms in total. The highest BCUT2D eigenvalue weighted by molar-refractivity contribution is 5.75. The fourth-order valence-corrected chi connectivity index (χ4v) is 1.66. The van der Waals surface area contributed by atoms with Gasteiger partial charge in [0.25, 0.3) is 0 Å². The van der Waals surface area contributed by atoms with Crippen LogP contribution in [0.2, 0.25) is 0 Å². The van der Waals surface area contributed by atoms with Crippen molar-refractivity contribution in [2.75, 3.05) is 26.2 Å². The lowest BCUT2D eigenvalue weighted by molar-refractivity contribution is -1.02. The molecule has 8 heteroatoms. The fraction of sp³-hybridized carbons (Fsp3) is 0.778. The number of halogens is 4. The Kier molecular flexibility index (Phi) is 3.75. The summed E-state index contributed by atoms with van der Waals surface area (Å²) >= 11 is 0. The minimum Gasteiger partial charge on any atom is -0.253 e. The SMILES string of the molecule is CC[N+]1=C(F)[N+](CC)(OC(=O)C(F)(F)F)CC1. The van der Waals surface area contributed by atoms with Crippen LogP contribution in [0, 0.1) is 0 Å². The van der Waals surface area contributed by atoms with E-state index in [9.17, 15) is 22.4 Å². The Bertz CT molecular complexity index is 353. The number of likely N-dealkylation sites (N-methyl/N-ethyl adjacent to an activating group) is 2. The van der Waals surface area contributed by atoms with Crippen molar-refractivity contribution in [3.63, 3.8) is 0 Å². The van der Waals surface area contributed by atoms with Gasteiger partial charge in [-0.2, -0.15) is 13.2 Å². The Labute approximate surface area is 95.6 Å². The van der Waals surface area contributed by atoms with E-state index in [4.69, 9.17) is 0 Å². The van der Waals surface area contributed by atoms with Crippen LogP contribution in [0.3, 0.4) is 0 Å². The van der Waals surface area contributed by atoms with E-state index in [1.54, 1.807) is 6.92 Å². The molecule has 1 aliphatic heterocycles. The molecule has 17 heavy (non-hydrogen) atoms. The third-order valence-electron chi connectivity index (χ3n) is 2.71. The molecule has 1 unspecified atom stereocenters. The molecule has 1 aliphatic rings. The monoisotopic (exact) mass is 258 g/mol. The Balaban J connectivity index is 2.93. The zero-order valence-electron chi connectivity index (χ0n) is 9.55. The van der Waals surface area contributed by atoms with Crippen LogP contribution in [-0.4, -0.2) is 53.6 Å². The van der Waals surface area contributed by atoms with Crippen LogP contribution >= 0.6 is 0 Å². The van der Waals surface area contributed by atoms with Crippen molar-refractivity contribution in [2.45, 2.75) is 20.0 Å². The molecule has 0 aromatic heterocycles. The van der Waals surface area contributed by atoms with E-state index in [1.807, 2.05) is 0 Å². The first-order valence-electron chi connectivity index (χ1n) is 5.22. The molecule has 0 aliphatic carbocycles. The minimum atomic E-state index is -5.11. The van der Waals surface area contributed by atoms with E-state index >= 15 is 0 Å². The summed E-state index contributed by atoms with van der Waals surface area (Å²) in [6.07, 6.45) is -5.96. The number of hydroxylamine groups is 3. The first-order valence-corrected chi connectivity index (χ1v) is 5.22. The van der Waals surface area contributed by atoms with E-state index in [0.29, 0.717) is 6.54 Å². The summed E-state index contributed by atoms with van der Waals surface area (Å²) in [6.45, 7) is 3.57. The number of amidine groups is 1. The lowest BCUT2D eigenvalue weighted by Gasteiger charge is -2.22. The normalized spacial score (nSPS) is 25.3. The van der Waals surface area contributed by atoms with E-state index in [1.165, 1.54) is 11.5 Å². The topological polar surface area (TPSA) is 29.3 Å². The third-order valence-corrected chi connectivity index (χ3v) is 2.71. The highest BCUT2D eigenvalue weighted by Gasteiger charge is 2.56.